The van der Waals surface area contributed by atoms with Crippen LogP contribution in [-0.4, -0.2) is 6.61 Å². The molecule has 1 aliphatic heterocycles. The summed E-state index contributed by atoms with van der Waals surface area (Å²) in [7, 11) is 0. The summed E-state index contributed by atoms with van der Waals surface area (Å²) in [6.07, 6.45) is 2.21. The molecule has 0 saturated carbocycles. The molecule has 0 aromatic heterocycles. The molecule has 0 saturated heterocycles. The molecule has 1 atom stereocenters. The highest BCUT2D eigenvalue weighted by molar-refractivity contribution is 8.07. The average Bonchev–Trinajstić information content (AvgIpc) is 2.30. The number of hydrogen-bond donors (Lipinski definition) is 0. The summed E-state index contributed by atoms with van der Waals surface area (Å²) in [6, 6.07) is 6.19. The van der Waals surface area contributed by atoms with Crippen molar-refractivity contribution in [3.05, 3.63) is 29.3 Å². The quantitative estimate of drug-likeness (QED) is 0.779. The van der Waals surface area contributed by atoms with Crippen molar-refractivity contribution in [3.8, 4) is 5.75 Å². The Morgan fingerprint density at radius 2 is 2.24 bits per heavy atom. The Morgan fingerprint density at radius 3 is 2.94 bits per heavy atom. The maximum atomic E-state index is 5.67. The zero-order chi connectivity index (χ0) is 12.3. The van der Waals surface area contributed by atoms with E-state index in [1.165, 1.54) is 5.56 Å². The SMILES string of the molecule is CCCc1ccc2c(c1)COP(=S)(OCC)O2. The first-order chi connectivity index (χ1) is 8.17. The van der Waals surface area contributed by atoms with Crippen LogP contribution < -0.4 is 4.52 Å². The molecular formula is C12H17O3PS. The van der Waals surface area contributed by atoms with Crippen molar-refractivity contribution in [1.29, 1.82) is 0 Å². The van der Waals surface area contributed by atoms with Gasteiger partial charge in [-0.2, -0.15) is 0 Å². The number of aryl methyl sites for hydroxylation is 1. The highest BCUT2D eigenvalue weighted by Gasteiger charge is 2.28. The van der Waals surface area contributed by atoms with E-state index in [1.54, 1.807) is 0 Å². The van der Waals surface area contributed by atoms with E-state index in [9.17, 15) is 0 Å². The number of fused-ring (bicyclic) bond motifs is 1. The molecule has 3 nitrogen and oxygen atoms in total. The van der Waals surface area contributed by atoms with Crippen molar-refractivity contribution in [1.82, 2.24) is 0 Å². The Morgan fingerprint density at radius 1 is 1.41 bits per heavy atom. The van der Waals surface area contributed by atoms with Gasteiger partial charge >= 0.3 is 6.72 Å². The lowest BCUT2D eigenvalue weighted by Crippen LogP contribution is -2.09. The second-order valence-electron chi connectivity index (χ2n) is 3.92. The van der Waals surface area contributed by atoms with Crippen molar-refractivity contribution in [2.24, 2.45) is 0 Å². The number of benzene rings is 1. The molecule has 0 bridgehead atoms. The van der Waals surface area contributed by atoms with Crippen LogP contribution in [0.25, 0.3) is 0 Å². The van der Waals surface area contributed by atoms with Crippen LogP contribution in [0, 0.1) is 0 Å². The Labute approximate surface area is 107 Å². The van der Waals surface area contributed by atoms with Crippen LogP contribution in [0.2, 0.25) is 0 Å². The van der Waals surface area contributed by atoms with Crippen LogP contribution in [-0.2, 0) is 33.9 Å². The first kappa shape index (κ1) is 13.0. The summed E-state index contributed by atoms with van der Waals surface area (Å²) < 4.78 is 16.6. The van der Waals surface area contributed by atoms with Gasteiger partial charge in [0.15, 0.2) is 0 Å². The zero-order valence-electron chi connectivity index (χ0n) is 10.1. The van der Waals surface area contributed by atoms with E-state index in [4.69, 9.17) is 25.4 Å². The van der Waals surface area contributed by atoms with Crippen LogP contribution in [0.3, 0.4) is 0 Å². The first-order valence-electron chi connectivity index (χ1n) is 5.87. The van der Waals surface area contributed by atoms with Crippen molar-refractivity contribution in [3.63, 3.8) is 0 Å². The van der Waals surface area contributed by atoms with E-state index in [-0.39, 0.29) is 0 Å². The van der Waals surface area contributed by atoms with Crippen LogP contribution in [0.1, 0.15) is 31.4 Å². The monoisotopic (exact) mass is 272 g/mol. The van der Waals surface area contributed by atoms with E-state index < -0.39 is 6.72 Å². The molecule has 1 aliphatic rings. The van der Waals surface area contributed by atoms with Crippen molar-refractivity contribution in [2.45, 2.75) is 33.3 Å². The second kappa shape index (κ2) is 5.49. The van der Waals surface area contributed by atoms with Crippen LogP contribution in [0.4, 0.5) is 0 Å². The second-order valence-corrected chi connectivity index (χ2v) is 6.86. The topological polar surface area (TPSA) is 27.7 Å². The fourth-order valence-electron chi connectivity index (χ4n) is 1.80. The van der Waals surface area contributed by atoms with Gasteiger partial charge in [-0.1, -0.05) is 19.4 Å². The zero-order valence-corrected chi connectivity index (χ0v) is 11.9. The van der Waals surface area contributed by atoms with Crippen molar-refractivity contribution in [2.75, 3.05) is 6.61 Å². The van der Waals surface area contributed by atoms with Gasteiger partial charge in [0.2, 0.25) is 0 Å². The third kappa shape index (κ3) is 3.08. The van der Waals surface area contributed by atoms with Gasteiger partial charge in [0, 0.05) is 17.4 Å². The average molecular weight is 272 g/mol. The molecule has 1 unspecified atom stereocenters. The molecule has 94 valence electrons. The molecule has 0 N–H and O–H groups in total. The molecule has 0 fully saturated rings. The van der Waals surface area contributed by atoms with Crippen molar-refractivity contribution < 1.29 is 13.6 Å². The summed E-state index contributed by atoms with van der Waals surface area (Å²) in [5.41, 5.74) is 2.38. The van der Waals surface area contributed by atoms with Gasteiger partial charge in [0.1, 0.15) is 5.75 Å². The predicted octanol–water partition coefficient (Wildman–Crippen LogP) is 3.81. The largest absolute Gasteiger partial charge is 0.424 e. The molecule has 2 rings (SSSR count). The predicted molar refractivity (Wildman–Crippen MR) is 71.8 cm³/mol. The molecule has 1 heterocycles. The van der Waals surface area contributed by atoms with E-state index in [0.717, 1.165) is 24.2 Å². The van der Waals surface area contributed by atoms with Gasteiger partial charge < -0.3 is 4.52 Å². The first-order valence-corrected chi connectivity index (χ1v) is 8.43. The third-order valence-electron chi connectivity index (χ3n) is 2.54. The van der Waals surface area contributed by atoms with E-state index >= 15 is 0 Å². The molecule has 0 spiro atoms. The Bertz CT molecular complexity index is 447. The Balaban J connectivity index is 2.20. The molecule has 0 aliphatic carbocycles. The normalized spacial score (nSPS) is 22.9. The Hall–Kier alpha value is -0.410. The minimum absolute atomic E-state index is 0.490. The van der Waals surface area contributed by atoms with E-state index in [0.29, 0.717) is 13.2 Å². The van der Waals surface area contributed by atoms with E-state index in [2.05, 4.69) is 19.1 Å². The highest BCUT2D eigenvalue weighted by atomic mass is 32.5. The molecule has 0 radical (unpaired) electrons. The summed E-state index contributed by atoms with van der Waals surface area (Å²) in [4.78, 5) is 0. The Kier molecular flexibility index (Phi) is 4.21. The fourth-order valence-corrected chi connectivity index (χ4v) is 3.72. The summed E-state index contributed by atoms with van der Waals surface area (Å²) in [6.45, 7) is 2.52. The van der Waals surface area contributed by atoms with Crippen LogP contribution in [0.15, 0.2) is 18.2 Å². The lowest BCUT2D eigenvalue weighted by atomic mass is 10.1. The van der Waals surface area contributed by atoms with Crippen molar-refractivity contribution >= 4 is 18.5 Å². The molecule has 5 heteroatoms. The van der Waals surface area contributed by atoms with Gasteiger partial charge in [0.25, 0.3) is 0 Å². The maximum absolute atomic E-state index is 5.67. The highest BCUT2D eigenvalue weighted by Crippen LogP contribution is 2.54. The number of hydrogen-bond acceptors (Lipinski definition) is 4. The van der Waals surface area contributed by atoms with Gasteiger partial charge in [-0.05, 0) is 31.0 Å². The lowest BCUT2D eigenvalue weighted by Gasteiger charge is -2.28. The minimum atomic E-state index is -2.54. The lowest BCUT2D eigenvalue weighted by molar-refractivity contribution is 0.185. The van der Waals surface area contributed by atoms with Crippen LogP contribution >= 0.6 is 6.72 Å². The number of rotatable bonds is 4. The van der Waals surface area contributed by atoms with Gasteiger partial charge in [0.05, 0.1) is 13.2 Å². The van der Waals surface area contributed by atoms with Gasteiger partial charge in [-0.15, -0.1) is 0 Å². The van der Waals surface area contributed by atoms with Gasteiger partial charge in [-0.25, -0.2) is 0 Å². The molecular weight excluding hydrogens is 255 g/mol. The molecule has 1 aromatic carbocycles. The summed E-state index contributed by atoms with van der Waals surface area (Å²) in [5.74, 6) is 0.813. The van der Waals surface area contributed by atoms with Gasteiger partial charge in [-0.3, -0.25) is 9.05 Å². The smallest absolute Gasteiger partial charge is 0.380 e. The van der Waals surface area contributed by atoms with E-state index in [1.807, 2.05) is 13.0 Å². The molecule has 0 amide bonds. The standard InChI is InChI=1S/C12H17O3PS/c1-3-5-10-6-7-12-11(8-10)9-14-16(17,15-12)13-4-2/h6-8H,3-5,9H2,1-2H3. The summed E-state index contributed by atoms with van der Waals surface area (Å²) >= 11 is 5.26. The molecule has 17 heavy (non-hydrogen) atoms. The fraction of sp³-hybridized carbons (Fsp3) is 0.500. The van der Waals surface area contributed by atoms with Crippen LogP contribution in [0.5, 0.6) is 5.75 Å². The summed E-state index contributed by atoms with van der Waals surface area (Å²) in [5, 5.41) is 0. The molecule has 1 aromatic rings. The third-order valence-corrected chi connectivity index (χ3v) is 4.84. The maximum Gasteiger partial charge on any atom is 0.380 e. The minimum Gasteiger partial charge on any atom is -0.424 e.